The predicted molar refractivity (Wildman–Crippen MR) is 76.1 cm³/mol. The number of nitrogens with one attached hydrogen (secondary N) is 1. The number of carbonyl (C=O) groups is 1. The minimum absolute atomic E-state index is 0.143. The lowest BCUT2D eigenvalue weighted by Crippen LogP contribution is -2.70. The Bertz CT molecular complexity index is 341. The van der Waals surface area contributed by atoms with Gasteiger partial charge in [0.1, 0.15) is 5.60 Å². The number of amides is 1. The second-order valence-electron chi connectivity index (χ2n) is 7.41. The van der Waals surface area contributed by atoms with E-state index in [1.807, 2.05) is 25.7 Å². The second kappa shape index (κ2) is 4.97. The van der Waals surface area contributed by atoms with Crippen LogP contribution in [0.5, 0.6) is 0 Å². The van der Waals surface area contributed by atoms with Crippen molar-refractivity contribution in [3.63, 3.8) is 0 Å². The zero-order valence-corrected chi connectivity index (χ0v) is 13.0. The lowest BCUT2D eigenvalue weighted by Gasteiger charge is -2.60. The molecule has 0 radical (unpaired) electrons. The van der Waals surface area contributed by atoms with E-state index in [9.17, 15) is 4.79 Å². The summed E-state index contributed by atoms with van der Waals surface area (Å²) in [5.41, 5.74) is -0.0776. The van der Waals surface area contributed by atoms with Crippen LogP contribution >= 0.6 is 0 Å². The van der Waals surface area contributed by atoms with Crippen LogP contribution in [0.15, 0.2) is 0 Å². The van der Waals surface area contributed by atoms with Crippen molar-refractivity contribution in [3.8, 4) is 0 Å². The van der Waals surface area contributed by atoms with Gasteiger partial charge in [-0.2, -0.15) is 0 Å². The van der Waals surface area contributed by atoms with E-state index >= 15 is 0 Å². The summed E-state index contributed by atoms with van der Waals surface area (Å²) in [4.78, 5) is 14.2. The van der Waals surface area contributed by atoms with E-state index in [2.05, 4.69) is 19.2 Å². The average Bonchev–Trinajstić information content (AvgIpc) is 2.24. The zero-order chi connectivity index (χ0) is 14.3. The van der Waals surface area contributed by atoms with Gasteiger partial charge in [0.25, 0.3) is 0 Å². The SMILES string of the molecule is CC(C)C1N(C(=O)OC(C)(C)C)CC12CCNCC2. The Kier molecular flexibility index (Phi) is 3.83. The predicted octanol–water partition coefficient (Wildman–Crippen LogP) is 2.63. The molecule has 1 amide bonds. The van der Waals surface area contributed by atoms with Gasteiger partial charge in [-0.05, 0) is 52.6 Å². The summed E-state index contributed by atoms with van der Waals surface area (Å²) in [6, 6.07) is 0.337. The molecule has 19 heavy (non-hydrogen) atoms. The number of ether oxygens (including phenoxy) is 1. The van der Waals surface area contributed by atoms with E-state index in [4.69, 9.17) is 4.74 Å². The largest absolute Gasteiger partial charge is 0.444 e. The number of hydrogen-bond acceptors (Lipinski definition) is 3. The Morgan fingerprint density at radius 2 is 1.89 bits per heavy atom. The van der Waals surface area contributed by atoms with Crippen molar-refractivity contribution in [3.05, 3.63) is 0 Å². The monoisotopic (exact) mass is 268 g/mol. The molecule has 0 bridgehead atoms. The fourth-order valence-corrected chi connectivity index (χ4v) is 3.69. The van der Waals surface area contributed by atoms with Gasteiger partial charge in [-0.1, -0.05) is 13.8 Å². The third-order valence-corrected chi connectivity index (χ3v) is 4.31. The minimum atomic E-state index is -0.407. The molecular formula is C15H28N2O2. The first-order valence-corrected chi connectivity index (χ1v) is 7.45. The van der Waals surface area contributed by atoms with Crippen LogP contribution in [0.25, 0.3) is 0 Å². The van der Waals surface area contributed by atoms with E-state index in [0.29, 0.717) is 17.4 Å². The number of nitrogens with zero attached hydrogens (tertiary/aromatic N) is 1. The van der Waals surface area contributed by atoms with Gasteiger partial charge in [0.2, 0.25) is 0 Å². The molecule has 2 saturated heterocycles. The highest BCUT2D eigenvalue weighted by Gasteiger charge is 2.56. The van der Waals surface area contributed by atoms with E-state index in [1.54, 1.807) is 0 Å². The first kappa shape index (κ1) is 14.6. The molecule has 1 atom stereocenters. The van der Waals surface area contributed by atoms with Crippen LogP contribution in [0.2, 0.25) is 0 Å². The lowest BCUT2D eigenvalue weighted by atomic mass is 9.62. The van der Waals surface area contributed by atoms with Crippen LogP contribution in [0.4, 0.5) is 4.79 Å². The molecule has 4 nitrogen and oxygen atoms in total. The van der Waals surface area contributed by atoms with Gasteiger partial charge in [-0.25, -0.2) is 4.79 Å². The molecule has 0 aromatic rings. The standard InChI is InChI=1S/C15H28N2O2/c1-11(2)12-15(6-8-16-9-7-15)10-17(12)13(18)19-14(3,4)5/h11-12,16H,6-10H2,1-5H3. The van der Waals surface area contributed by atoms with Gasteiger partial charge in [-0.15, -0.1) is 0 Å². The van der Waals surface area contributed by atoms with Crippen LogP contribution in [0.1, 0.15) is 47.5 Å². The van der Waals surface area contributed by atoms with Gasteiger partial charge in [0, 0.05) is 18.0 Å². The maximum Gasteiger partial charge on any atom is 0.410 e. The van der Waals surface area contributed by atoms with Crippen molar-refractivity contribution in [1.29, 1.82) is 0 Å². The maximum absolute atomic E-state index is 12.3. The Hall–Kier alpha value is -0.770. The molecule has 4 heteroatoms. The number of carbonyl (C=O) groups excluding carboxylic acids is 1. The van der Waals surface area contributed by atoms with E-state index in [-0.39, 0.29) is 6.09 Å². The summed E-state index contributed by atoms with van der Waals surface area (Å²) in [7, 11) is 0. The van der Waals surface area contributed by atoms with Crippen LogP contribution in [-0.2, 0) is 4.74 Å². The Balaban J connectivity index is 2.06. The van der Waals surface area contributed by atoms with Crippen molar-refractivity contribution in [2.24, 2.45) is 11.3 Å². The number of rotatable bonds is 1. The molecule has 0 aliphatic carbocycles. The van der Waals surface area contributed by atoms with Gasteiger partial charge in [0.05, 0.1) is 0 Å². The Morgan fingerprint density at radius 1 is 1.32 bits per heavy atom. The molecule has 2 aliphatic heterocycles. The van der Waals surface area contributed by atoms with Crippen molar-refractivity contribution >= 4 is 6.09 Å². The molecule has 0 aromatic carbocycles. The summed E-state index contributed by atoms with van der Waals surface area (Å²) in [5.74, 6) is 0.486. The molecular weight excluding hydrogens is 240 g/mol. The highest BCUT2D eigenvalue weighted by atomic mass is 16.6. The summed E-state index contributed by atoms with van der Waals surface area (Å²) < 4.78 is 5.53. The van der Waals surface area contributed by atoms with E-state index < -0.39 is 5.60 Å². The molecule has 1 N–H and O–H groups in total. The van der Waals surface area contributed by atoms with Gasteiger partial charge in [-0.3, -0.25) is 0 Å². The maximum atomic E-state index is 12.3. The third-order valence-electron chi connectivity index (χ3n) is 4.31. The summed E-state index contributed by atoms with van der Waals surface area (Å²) in [5, 5.41) is 3.42. The van der Waals surface area contributed by atoms with Gasteiger partial charge >= 0.3 is 6.09 Å². The van der Waals surface area contributed by atoms with Crippen molar-refractivity contribution in [2.75, 3.05) is 19.6 Å². The smallest absolute Gasteiger partial charge is 0.410 e. The molecule has 2 fully saturated rings. The quantitative estimate of drug-likeness (QED) is 0.795. The van der Waals surface area contributed by atoms with Crippen LogP contribution in [0, 0.1) is 11.3 Å². The van der Waals surface area contributed by atoms with E-state index in [0.717, 1.165) is 19.6 Å². The first-order valence-electron chi connectivity index (χ1n) is 7.45. The van der Waals surface area contributed by atoms with Crippen molar-refractivity contribution in [1.82, 2.24) is 10.2 Å². The normalized spacial score (nSPS) is 26.4. The first-order chi connectivity index (χ1) is 8.75. The average molecular weight is 268 g/mol. The second-order valence-corrected chi connectivity index (χ2v) is 7.41. The molecule has 1 spiro atoms. The highest BCUT2D eigenvalue weighted by Crippen LogP contribution is 2.48. The molecule has 2 aliphatic rings. The molecule has 110 valence electrons. The zero-order valence-electron chi connectivity index (χ0n) is 13.0. The van der Waals surface area contributed by atoms with E-state index in [1.165, 1.54) is 12.8 Å². The van der Waals surface area contributed by atoms with Crippen molar-refractivity contribution in [2.45, 2.75) is 59.1 Å². The van der Waals surface area contributed by atoms with Crippen LogP contribution in [0.3, 0.4) is 0 Å². The number of hydrogen-bond donors (Lipinski definition) is 1. The fraction of sp³-hybridized carbons (Fsp3) is 0.933. The third kappa shape index (κ3) is 2.88. The van der Waals surface area contributed by atoms with Gasteiger partial charge in [0.15, 0.2) is 0 Å². The fourth-order valence-electron chi connectivity index (χ4n) is 3.69. The molecule has 2 heterocycles. The Morgan fingerprint density at radius 3 is 2.37 bits per heavy atom. The molecule has 2 rings (SSSR count). The van der Waals surface area contributed by atoms with Crippen molar-refractivity contribution < 1.29 is 9.53 Å². The van der Waals surface area contributed by atoms with Crippen LogP contribution < -0.4 is 5.32 Å². The summed E-state index contributed by atoms with van der Waals surface area (Å²) in [6.45, 7) is 13.2. The highest BCUT2D eigenvalue weighted by molar-refractivity contribution is 5.70. The number of piperidine rings is 1. The summed E-state index contributed by atoms with van der Waals surface area (Å²) in [6.07, 6.45) is 2.21. The number of likely N-dealkylation sites (tertiary alicyclic amines) is 1. The Labute approximate surface area is 116 Å². The molecule has 0 aromatic heterocycles. The minimum Gasteiger partial charge on any atom is -0.444 e. The molecule has 0 saturated carbocycles. The lowest BCUT2D eigenvalue weighted by molar-refractivity contribution is -0.112. The molecule has 1 unspecified atom stereocenters. The topological polar surface area (TPSA) is 41.6 Å². The van der Waals surface area contributed by atoms with Crippen LogP contribution in [-0.4, -0.2) is 42.3 Å². The summed E-state index contributed by atoms with van der Waals surface area (Å²) >= 11 is 0. The van der Waals surface area contributed by atoms with Gasteiger partial charge < -0.3 is 15.0 Å².